The lowest BCUT2D eigenvalue weighted by molar-refractivity contribution is 0.126. The molecule has 0 bridgehead atoms. The first-order valence-corrected chi connectivity index (χ1v) is 8.49. The van der Waals surface area contributed by atoms with Crippen LogP contribution < -0.4 is 4.72 Å². The number of methoxy groups -OCH3 is 1. The molecule has 0 saturated carbocycles. The third-order valence-corrected chi connectivity index (χ3v) is 5.06. The van der Waals surface area contributed by atoms with Crippen molar-refractivity contribution in [1.82, 2.24) is 9.62 Å². The molecule has 1 aliphatic heterocycles. The van der Waals surface area contributed by atoms with Crippen LogP contribution in [0.2, 0.25) is 0 Å². The average molecular weight is 316 g/mol. The summed E-state index contributed by atoms with van der Waals surface area (Å²) in [5.74, 6) is -0.553. The van der Waals surface area contributed by atoms with Gasteiger partial charge in [0.1, 0.15) is 5.82 Å². The van der Waals surface area contributed by atoms with Gasteiger partial charge in [0.25, 0.3) is 0 Å². The van der Waals surface area contributed by atoms with Crippen LogP contribution in [0.15, 0.2) is 29.2 Å². The van der Waals surface area contributed by atoms with Crippen LogP contribution in [0.3, 0.4) is 0 Å². The van der Waals surface area contributed by atoms with Crippen molar-refractivity contribution in [3.05, 3.63) is 30.1 Å². The van der Waals surface area contributed by atoms with E-state index in [4.69, 9.17) is 4.74 Å². The minimum atomic E-state index is -3.67. The number of likely N-dealkylation sites (tertiary alicyclic amines) is 1. The Kier molecular flexibility index (Phi) is 5.69. The molecule has 1 aromatic rings. The van der Waals surface area contributed by atoms with E-state index in [1.807, 2.05) is 0 Å². The van der Waals surface area contributed by atoms with Crippen molar-refractivity contribution in [3.8, 4) is 0 Å². The third kappa shape index (κ3) is 4.74. The number of piperidine rings is 1. The summed E-state index contributed by atoms with van der Waals surface area (Å²) in [7, 11) is -2.03. The summed E-state index contributed by atoms with van der Waals surface area (Å²) >= 11 is 0. The van der Waals surface area contributed by atoms with E-state index < -0.39 is 15.8 Å². The molecule has 7 heteroatoms. The Hall–Kier alpha value is -1.02. The van der Waals surface area contributed by atoms with Gasteiger partial charge in [-0.15, -0.1) is 0 Å². The Bertz CT molecular complexity index is 565. The maximum atomic E-state index is 13.2. The number of ether oxygens (including phenoxy) is 1. The van der Waals surface area contributed by atoms with Gasteiger partial charge < -0.3 is 4.74 Å². The van der Waals surface area contributed by atoms with Gasteiger partial charge in [-0.2, -0.15) is 0 Å². The molecule has 0 amide bonds. The maximum absolute atomic E-state index is 13.2. The van der Waals surface area contributed by atoms with E-state index in [1.54, 1.807) is 7.11 Å². The molecule has 0 radical (unpaired) electrons. The molecule has 1 aromatic carbocycles. The Labute approximate surface area is 125 Å². The van der Waals surface area contributed by atoms with E-state index in [0.717, 1.165) is 32.0 Å². The summed E-state index contributed by atoms with van der Waals surface area (Å²) in [5.41, 5.74) is 0. The quantitative estimate of drug-likeness (QED) is 0.857. The molecule has 1 saturated heterocycles. The van der Waals surface area contributed by atoms with E-state index in [2.05, 4.69) is 9.62 Å². The zero-order valence-electron chi connectivity index (χ0n) is 12.1. The summed E-state index contributed by atoms with van der Waals surface area (Å²) in [6.07, 6.45) is 1.72. The van der Waals surface area contributed by atoms with Crippen molar-refractivity contribution in [1.29, 1.82) is 0 Å². The molecule has 0 spiro atoms. The van der Waals surface area contributed by atoms with Gasteiger partial charge in [-0.1, -0.05) is 6.07 Å². The average Bonchev–Trinajstić information content (AvgIpc) is 2.45. The molecule has 1 N–H and O–H groups in total. The van der Waals surface area contributed by atoms with Crippen LogP contribution in [-0.2, 0) is 14.8 Å². The Balaban J connectivity index is 1.99. The first-order chi connectivity index (χ1) is 10.0. The molecule has 0 unspecified atom stereocenters. The number of halogens is 1. The molecule has 1 fully saturated rings. The van der Waals surface area contributed by atoms with Gasteiger partial charge in [0.2, 0.25) is 10.0 Å². The van der Waals surface area contributed by atoms with Crippen molar-refractivity contribution in [2.24, 2.45) is 0 Å². The lowest BCUT2D eigenvalue weighted by atomic mass is 10.1. The zero-order valence-corrected chi connectivity index (χ0v) is 12.9. The van der Waals surface area contributed by atoms with Gasteiger partial charge in [0, 0.05) is 26.2 Å². The molecule has 1 atom stereocenters. The number of hydrogen-bond acceptors (Lipinski definition) is 4. The fourth-order valence-electron chi connectivity index (χ4n) is 2.50. The van der Waals surface area contributed by atoms with E-state index >= 15 is 0 Å². The largest absolute Gasteiger partial charge is 0.383 e. The zero-order chi connectivity index (χ0) is 15.3. The highest BCUT2D eigenvalue weighted by atomic mass is 32.2. The van der Waals surface area contributed by atoms with E-state index in [9.17, 15) is 12.8 Å². The molecule has 118 valence electrons. The van der Waals surface area contributed by atoms with Gasteiger partial charge in [-0.05, 0) is 37.6 Å². The van der Waals surface area contributed by atoms with Crippen molar-refractivity contribution in [2.45, 2.75) is 23.8 Å². The van der Waals surface area contributed by atoms with Crippen LogP contribution in [0.25, 0.3) is 0 Å². The molecule has 2 rings (SSSR count). The second-order valence-electron chi connectivity index (χ2n) is 5.21. The minimum Gasteiger partial charge on any atom is -0.383 e. The summed E-state index contributed by atoms with van der Waals surface area (Å²) < 4.78 is 45.4. The highest BCUT2D eigenvalue weighted by molar-refractivity contribution is 7.89. The van der Waals surface area contributed by atoms with E-state index in [-0.39, 0.29) is 10.9 Å². The van der Waals surface area contributed by atoms with Crippen LogP contribution in [-0.4, -0.2) is 52.7 Å². The molecule has 1 aliphatic rings. The molecule has 0 aliphatic carbocycles. The lowest BCUT2D eigenvalue weighted by Crippen LogP contribution is -2.48. The second-order valence-corrected chi connectivity index (χ2v) is 6.93. The summed E-state index contributed by atoms with van der Waals surface area (Å²) in [4.78, 5) is 2.14. The predicted octanol–water partition coefficient (Wildman–Crippen LogP) is 1.21. The SMILES string of the molecule is COCCN1CCC[C@@H](NS(=O)(=O)c2cccc(F)c2)C1. The maximum Gasteiger partial charge on any atom is 0.240 e. The van der Waals surface area contributed by atoms with Crippen LogP contribution >= 0.6 is 0 Å². The van der Waals surface area contributed by atoms with Gasteiger partial charge in [0.15, 0.2) is 0 Å². The third-order valence-electron chi connectivity index (χ3n) is 3.55. The van der Waals surface area contributed by atoms with Gasteiger partial charge in [-0.3, -0.25) is 4.90 Å². The van der Waals surface area contributed by atoms with Crippen molar-refractivity contribution >= 4 is 10.0 Å². The molecule has 0 aromatic heterocycles. The first kappa shape index (κ1) is 16.4. The van der Waals surface area contributed by atoms with Crippen molar-refractivity contribution in [3.63, 3.8) is 0 Å². The summed E-state index contributed by atoms with van der Waals surface area (Å²) in [5, 5.41) is 0. The molecule has 5 nitrogen and oxygen atoms in total. The van der Waals surface area contributed by atoms with Crippen molar-refractivity contribution < 1.29 is 17.5 Å². The van der Waals surface area contributed by atoms with E-state index in [0.29, 0.717) is 13.2 Å². The van der Waals surface area contributed by atoms with Gasteiger partial charge in [0.05, 0.1) is 11.5 Å². The number of rotatable bonds is 6. The topological polar surface area (TPSA) is 58.6 Å². The number of hydrogen-bond donors (Lipinski definition) is 1. The van der Waals surface area contributed by atoms with Gasteiger partial charge in [-0.25, -0.2) is 17.5 Å². The number of benzene rings is 1. The minimum absolute atomic E-state index is 0.0310. The molecular weight excluding hydrogens is 295 g/mol. The summed E-state index contributed by atoms with van der Waals surface area (Å²) in [6.45, 7) is 3.01. The van der Waals surface area contributed by atoms with Crippen LogP contribution in [0.4, 0.5) is 4.39 Å². The second kappa shape index (κ2) is 7.31. The highest BCUT2D eigenvalue weighted by Gasteiger charge is 2.25. The van der Waals surface area contributed by atoms with Gasteiger partial charge >= 0.3 is 0 Å². The number of nitrogens with one attached hydrogen (secondary N) is 1. The molecule has 21 heavy (non-hydrogen) atoms. The Morgan fingerprint density at radius 2 is 2.29 bits per heavy atom. The normalized spacial score (nSPS) is 20.6. The van der Waals surface area contributed by atoms with Crippen molar-refractivity contribution in [2.75, 3.05) is 33.4 Å². The van der Waals surface area contributed by atoms with E-state index in [1.165, 1.54) is 18.2 Å². The molecule has 1 heterocycles. The summed E-state index contributed by atoms with van der Waals surface area (Å²) in [6, 6.07) is 4.91. The standard InChI is InChI=1S/C14H21FN2O3S/c1-20-9-8-17-7-3-5-13(11-17)16-21(18,19)14-6-2-4-12(15)10-14/h2,4,6,10,13,16H,3,5,7-9,11H2,1H3/t13-/m1/s1. The Morgan fingerprint density at radius 3 is 3.00 bits per heavy atom. The smallest absolute Gasteiger partial charge is 0.240 e. The number of nitrogens with zero attached hydrogens (tertiary/aromatic N) is 1. The first-order valence-electron chi connectivity index (χ1n) is 7.00. The van der Waals surface area contributed by atoms with Crippen LogP contribution in [0.5, 0.6) is 0 Å². The predicted molar refractivity (Wildman–Crippen MR) is 78.1 cm³/mol. The number of sulfonamides is 1. The fourth-order valence-corrected chi connectivity index (χ4v) is 3.79. The monoisotopic (exact) mass is 316 g/mol. The fraction of sp³-hybridized carbons (Fsp3) is 0.571. The van der Waals surface area contributed by atoms with Crippen LogP contribution in [0, 0.1) is 5.82 Å². The Morgan fingerprint density at radius 1 is 1.48 bits per heavy atom. The lowest BCUT2D eigenvalue weighted by Gasteiger charge is -2.32. The molecular formula is C14H21FN2O3S. The highest BCUT2D eigenvalue weighted by Crippen LogP contribution is 2.15. The van der Waals surface area contributed by atoms with Crippen LogP contribution in [0.1, 0.15) is 12.8 Å².